The zero-order valence-corrected chi connectivity index (χ0v) is 11.6. The third-order valence-electron chi connectivity index (χ3n) is 2.55. The molecule has 0 amide bonds. The van der Waals surface area contributed by atoms with E-state index in [9.17, 15) is 0 Å². The van der Waals surface area contributed by atoms with Crippen LogP contribution in [-0.4, -0.2) is 29.7 Å². The van der Waals surface area contributed by atoms with E-state index in [1.54, 1.807) is 0 Å². The summed E-state index contributed by atoms with van der Waals surface area (Å²) in [5, 5.41) is 3.23. The fourth-order valence-electron chi connectivity index (χ4n) is 1.55. The number of nitrogens with one attached hydrogen (secondary N) is 1. The molecule has 1 atom stereocenters. The number of ether oxygens (including phenoxy) is 1. The number of aromatic nitrogens is 2. The molecule has 5 nitrogen and oxygen atoms in total. The zero-order valence-electron chi connectivity index (χ0n) is 11.6. The van der Waals surface area contributed by atoms with Crippen LogP contribution in [0.5, 0.6) is 5.88 Å². The Kier molecular flexibility index (Phi) is 6.43. The van der Waals surface area contributed by atoms with Gasteiger partial charge in [0.15, 0.2) is 0 Å². The van der Waals surface area contributed by atoms with Gasteiger partial charge < -0.3 is 15.8 Å². The minimum absolute atomic E-state index is 0.513. The Hall–Kier alpha value is -1.36. The quantitative estimate of drug-likeness (QED) is 0.740. The maximum Gasteiger partial charge on any atom is 0.226 e. The Morgan fingerprint density at radius 1 is 1.44 bits per heavy atom. The molecule has 3 N–H and O–H groups in total. The van der Waals surface area contributed by atoms with Crippen molar-refractivity contribution < 1.29 is 4.74 Å². The molecule has 0 radical (unpaired) electrons. The number of nitrogens with two attached hydrogens (primary N) is 1. The minimum atomic E-state index is 0.513. The summed E-state index contributed by atoms with van der Waals surface area (Å²) >= 11 is 0. The second-order valence-corrected chi connectivity index (χ2v) is 4.58. The highest BCUT2D eigenvalue weighted by Crippen LogP contribution is 2.13. The molecule has 0 aliphatic rings. The highest BCUT2D eigenvalue weighted by Gasteiger charge is 2.05. The molecular formula is C13H24N4O. The van der Waals surface area contributed by atoms with E-state index >= 15 is 0 Å². The van der Waals surface area contributed by atoms with Gasteiger partial charge in [0, 0.05) is 18.3 Å². The van der Waals surface area contributed by atoms with Gasteiger partial charge in [0.2, 0.25) is 11.8 Å². The summed E-state index contributed by atoms with van der Waals surface area (Å²) < 4.78 is 5.52. The van der Waals surface area contributed by atoms with Crippen molar-refractivity contribution in [2.45, 2.75) is 33.6 Å². The van der Waals surface area contributed by atoms with Crippen molar-refractivity contribution in [2.24, 2.45) is 11.7 Å². The average molecular weight is 252 g/mol. The van der Waals surface area contributed by atoms with Gasteiger partial charge in [-0.2, -0.15) is 4.98 Å². The SMILES string of the molecule is CCCOc1cc(C)nc(NCC(C)CCN)n1. The summed E-state index contributed by atoms with van der Waals surface area (Å²) in [5.74, 6) is 1.78. The van der Waals surface area contributed by atoms with E-state index in [-0.39, 0.29) is 0 Å². The van der Waals surface area contributed by atoms with E-state index in [1.165, 1.54) is 0 Å². The van der Waals surface area contributed by atoms with Crippen molar-refractivity contribution >= 4 is 5.95 Å². The van der Waals surface area contributed by atoms with Crippen molar-refractivity contribution in [2.75, 3.05) is 25.0 Å². The van der Waals surface area contributed by atoms with Crippen LogP contribution in [0.15, 0.2) is 6.07 Å². The molecule has 1 aromatic rings. The first-order chi connectivity index (χ1) is 8.65. The van der Waals surface area contributed by atoms with Crippen LogP contribution in [0.3, 0.4) is 0 Å². The van der Waals surface area contributed by atoms with Crippen molar-refractivity contribution in [3.05, 3.63) is 11.8 Å². The van der Waals surface area contributed by atoms with Gasteiger partial charge in [-0.1, -0.05) is 13.8 Å². The Bertz CT molecular complexity index is 357. The van der Waals surface area contributed by atoms with Crippen LogP contribution in [0.25, 0.3) is 0 Å². The smallest absolute Gasteiger partial charge is 0.226 e. The largest absolute Gasteiger partial charge is 0.478 e. The summed E-state index contributed by atoms with van der Waals surface area (Å²) in [6, 6.07) is 1.85. The van der Waals surface area contributed by atoms with Crippen molar-refractivity contribution in [3.63, 3.8) is 0 Å². The van der Waals surface area contributed by atoms with Gasteiger partial charge in [-0.25, -0.2) is 4.98 Å². The van der Waals surface area contributed by atoms with E-state index in [1.807, 2.05) is 13.0 Å². The normalized spacial score (nSPS) is 12.2. The van der Waals surface area contributed by atoms with Crippen LogP contribution in [0.2, 0.25) is 0 Å². The molecule has 0 bridgehead atoms. The third kappa shape index (κ3) is 5.31. The summed E-state index contributed by atoms with van der Waals surface area (Å²) in [7, 11) is 0. The molecule has 1 rings (SSSR count). The second-order valence-electron chi connectivity index (χ2n) is 4.58. The fraction of sp³-hybridized carbons (Fsp3) is 0.692. The monoisotopic (exact) mass is 252 g/mol. The van der Waals surface area contributed by atoms with Gasteiger partial charge in [-0.05, 0) is 32.2 Å². The predicted molar refractivity (Wildman–Crippen MR) is 73.9 cm³/mol. The van der Waals surface area contributed by atoms with Crippen LogP contribution >= 0.6 is 0 Å². The van der Waals surface area contributed by atoms with Crippen LogP contribution < -0.4 is 15.8 Å². The Morgan fingerprint density at radius 3 is 2.89 bits per heavy atom. The maximum atomic E-state index is 5.52. The molecule has 0 fully saturated rings. The predicted octanol–water partition coefficient (Wildman–Crippen LogP) is 1.97. The number of nitrogens with zero attached hydrogens (tertiary/aromatic N) is 2. The van der Waals surface area contributed by atoms with Gasteiger partial charge in [0.05, 0.1) is 6.61 Å². The molecule has 0 saturated carbocycles. The molecule has 0 aliphatic carbocycles. The van der Waals surface area contributed by atoms with Crippen molar-refractivity contribution in [1.82, 2.24) is 9.97 Å². The highest BCUT2D eigenvalue weighted by molar-refractivity contribution is 5.30. The maximum absolute atomic E-state index is 5.52. The van der Waals surface area contributed by atoms with Gasteiger partial charge in [-0.15, -0.1) is 0 Å². The summed E-state index contributed by atoms with van der Waals surface area (Å²) in [5.41, 5.74) is 6.43. The van der Waals surface area contributed by atoms with Crippen molar-refractivity contribution in [1.29, 1.82) is 0 Å². The van der Waals surface area contributed by atoms with Gasteiger partial charge >= 0.3 is 0 Å². The molecular weight excluding hydrogens is 228 g/mol. The molecule has 102 valence electrons. The first-order valence-electron chi connectivity index (χ1n) is 6.58. The lowest BCUT2D eigenvalue weighted by Gasteiger charge is -2.12. The molecule has 0 saturated heterocycles. The number of hydrogen-bond donors (Lipinski definition) is 2. The van der Waals surface area contributed by atoms with Crippen LogP contribution in [0.4, 0.5) is 5.95 Å². The molecule has 1 aromatic heterocycles. The third-order valence-corrected chi connectivity index (χ3v) is 2.55. The molecule has 1 unspecified atom stereocenters. The lowest BCUT2D eigenvalue weighted by Crippen LogP contribution is -2.16. The van der Waals surface area contributed by atoms with E-state index < -0.39 is 0 Å². The van der Waals surface area contributed by atoms with Gasteiger partial charge in [0.25, 0.3) is 0 Å². The van der Waals surface area contributed by atoms with E-state index in [0.717, 1.165) is 25.1 Å². The standard InChI is InChI=1S/C13H24N4O/c1-4-7-18-12-8-11(3)16-13(17-12)15-9-10(2)5-6-14/h8,10H,4-7,9,14H2,1-3H3,(H,15,16,17). The summed E-state index contributed by atoms with van der Waals surface area (Å²) in [4.78, 5) is 8.67. The van der Waals surface area contributed by atoms with Crippen LogP contribution in [0, 0.1) is 12.8 Å². The molecule has 5 heteroatoms. The first kappa shape index (κ1) is 14.7. The lowest BCUT2D eigenvalue weighted by atomic mass is 10.1. The van der Waals surface area contributed by atoms with Gasteiger partial charge in [0.1, 0.15) is 0 Å². The van der Waals surface area contributed by atoms with E-state index in [4.69, 9.17) is 10.5 Å². The summed E-state index contributed by atoms with van der Waals surface area (Å²) in [6.45, 7) is 8.39. The average Bonchev–Trinajstić information content (AvgIpc) is 2.34. The van der Waals surface area contributed by atoms with Crippen LogP contribution in [0.1, 0.15) is 32.4 Å². The van der Waals surface area contributed by atoms with Crippen molar-refractivity contribution in [3.8, 4) is 5.88 Å². The second kappa shape index (κ2) is 7.87. The molecule has 1 heterocycles. The number of aryl methyl sites for hydroxylation is 1. The topological polar surface area (TPSA) is 73.1 Å². The Morgan fingerprint density at radius 2 is 2.22 bits per heavy atom. The molecule has 18 heavy (non-hydrogen) atoms. The minimum Gasteiger partial charge on any atom is -0.478 e. The zero-order chi connectivity index (χ0) is 13.4. The summed E-state index contributed by atoms with van der Waals surface area (Å²) in [6.07, 6.45) is 1.97. The molecule has 0 aromatic carbocycles. The lowest BCUT2D eigenvalue weighted by molar-refractivity contribution is 0.305. The Balaban J connectivity index is 2.56. The van der Waals surface area contributed by atoms with Crippen LogP contribution in [-0.2, 0) is 0 Å². The molecule has 0 spiro atoms. The first-order valence-corrected chi connectivity index (χ1v) is 6.58. The highest BCUT2D eigenvalue weighted by atomic mass is 16.5. The number of anilines is 1. The fourth-order valence-corrected chi connectivity index (χ4v) is 1.55. The molecule has 0 aliphatic heterocycles. The van der Waals surface area contributed by atoms with E-state index in [0.29, 0.717) is 30.9 Å². The van der Waals surface area contributed by atoms with Gasteiger partial charge in [-0.3, -0.25) is 0 Å². The number of rotatable bonds is 8. The number of hydrogen-bond acceptors (Lipinski definition) is 5. The Labute approximate surface area is 109 Å². The van der Waals surface area contributed by atoms with E-state index in [2.05, 4.69) is 29.1 Å².